The van der Waals surface area contributed by atoms with Crippen molar-refractivity contribution in [1.29, 1.82) is 0 Å². The van der Waals surface area contributed by atoms with Crippen LogP contribution in [0, 0.1) is 0 Å². The van der Waals surface area contributed by atoms with Crippen LogP contribution in [0.2, 0.25) is 0 Å². The van der Waals surface area contributed by atoms with Crippen LogP contribution >= 0.6 is 47.3 Å². The summed E-state index contributed by atoms with van der Waals surface area (Å²) in [6.07, 6.45) is 0. The van der Waals surface area contributed by atoms with Crippen LogP contribution in [0.25, 0.3) is 0 Å². The van der Waals surface area contributed by atoms with Crippen LogP contribution in [0.3, 0.4) is 0 Å². The Morgan fingerprint density at radius 1 is 0.197 bits per heavy atom. The fourth-order valence-corrected chi connectivity index (χ4v) is 14.9. The standard InChI is InChI=1S/2C26H22P2.2F6P.Pt/c2*1-5-13-23(14-6-1)27(24-15-7-2-8-16-24)21-22-28(25-17-9-3-10-18-25)26-19-11-4-12-20-26;2*1-7(2,3,4,5)6;/h2*1-22H;;;/q;;2*-1;+2/b2*22-21+;;;. The molecular weight excluding hydrogens is 1230 g/mol. The van der Waals surface area contributed by atoms with Gasteiger partial charge in [0.2, 0.25) is 0 Å². The summed E-state index contributed by atoms with van der Waals surface area (Å²) in [5, 5.41) is 11.1. The molecule has 71 heavy (non-hydrogen) atoms. The summed E-state index contributed by atoms with van der Waals surface area (Å²) in [5.41, 5.74) is 0. The molecule has 376 valence electrons. The van der Waals surface area contributed by atoms with E-state index < -0.39 is 47.3 Å². The van der Waals surface area contributed by atoms with E-state index in [2.05, 4.69) is 266 Å². The van der Waals surface area contributed by atoms with Crippen molar-refractivity contribution < 1.29 is 71.4 Å². The molecule has 19 heteroatoms. The molecule has 0 aliphatic heterocycles. The van der Waals surface area contributed by atoms with Crippen LogP contribution in [0.15, 0.2) is 266 Å². The number of hydrogen-bond acceptors (Lipinski definition) is 0. The zero-order chi connectivity index (χ0) is 50.9. The Kier molecular flexibility index (Phi) is 20.5. The van der Waals surface area contributed by atoms with Gasteiger partial charge in [-0.25, -0.2) is 0 Å². The van der Waals surface area contributed by atoms with E-state index in [4.69, 9.17) is 0 Å². The quantitative estimate of drug-likeness (QED) is 0.0845. The summed E-state index contributed by atoms with van der Waals surface area (Å²) < 4.78 is 118. The Bertz CT molecular complexity index is 2290. The van der Waals surface area contributed by atoms with E-state index in [-0.39, 0.29) is 21.1 Å². The van der Waals surface area contributed by atoms with E-state index >= 15 is 0 Å². The molecule has 8 rings (SSSR count). The smallest absolute Gasteiger partial charge is 2.00 e. The van der Waals surface area contributed by atoms with Gasteiger partial charge in [0.25, 0.3) is 0 Å². The first-order valence-electron chi connectivity index (χ1n) is 20.8. The maximum Gasteiger partial charge on any atom is 2.00 e. The zero-order valence-electron chi connectivity index (χ0n) is 36.9. The van der Waals surface area contributed by atoms with E-state index in [9.17, 15) is 50.4 Å². The number of rotatable bonds is 12. The molecule has 0 fully saturated rings. The second kappa shape index (κ2) is 24.6. The maximum absolute atomic E-state index is 10.7. The first kappa shape index (κ1) is 59.2. The molecule has 0 atom stereocenters. The average Bonchev–Trinajstić information content (AvgIpc) is 3.32. The van der Waals surface area contributed by atoms with E-state index in [1.54, 1.807) is 0 Å². The fourth-order valence-electron chi connectivity index (χ4n) is 6.26. The predicted molar refractivity (Wildman–Crippen MR) is 282 cm³/mol. The van der Waals surface area contributed by atoms with Crippen LogP contribution in [0.5, 0.6) is 0 Å². The SMILES string of the molecule is C(=C\P(c1ccccc1)c1ccccc1)/P(c1ccccc1)c1ccccc1.C(=C\P(c1ccccc1)c1ccccc1)/P(c1ccccc1)c1ccccc1.F[P-](F)(F)(F)(F)F.F[P-](F)(F)(F)(F)F.[Pt+2]. The maximum atomic E-state index is 9.87. The van der Waals surface area contributed by atoms with Gasteiger partial charge in [-0.2, -0.15) is 0 Å². The summed E-state index contributed by atoms with van der Waals surface area (Å²) in [6.45, 7) is 0. The fraction of sp³-hybridized carbons (Fsp3) is 0. The van der Waals surface area contributed by atoms with Crippen LogP contribution in [0.4, 0.5) is 50.4 Å². The molecule has 0 bridgehead atoms. The molecule has 0 spiro atoms. The van der Waals surface area contributed by atoms with E-state index in [1.807, 2.05) is 0 Å². The third-order valence-electron chi connectivity index (χ3n) is 9.00. The number of halogens is 12. The second-order valence-electron chi connectivity index (χ2n) is 14.7. The molecule has 0 saturated carbocycles. The van der Waals surface area contributed by atoms with Gasteiger partial charge in [0.15, 0.2) is 0 Å². The first-order valence-corrected chi connectivity index (χ1v) is 30.5. The Labute approximate surface area is 424 Å². The first-order chi connectivity index (χ1) is 32.7. The summed E-state index contributed by atoms with van der Waals surface area (Å²) in [7, 11) is -23.4. The van der Waals surface area contributed by atoms with Crippen molar-refractivity contribution >= 4 is 89.7 Å². The Hall–Kier alpha value is -4.33. The van der Waals surface area contributed by atoms with Gasteiger partial charge < -0.3 is 0 Å². The van der Waals surface area contributed by atoms with Crippen LogP contribution in [-0.4, -0.2) is 0 Å². The molecule has 0 aromatic heterocycles. The molecule has 0 nitrogen and oxygen atoms in total. The van der Waals surface area contributed by atoms with Crippen molar-refractivity contribution in [3.8, 4) is 0 Å². The van der Waals surface area contributed by atoms with Crippen LogP contribution in [0.1, 0.15) is 0 Å². The van der Waals surface area contributed by atoms with Gasteiger partial charge in [-0.05, 0) is 74.1 Å². The number of benzene rings is 8. The Morgan fingerprint density at radius 2 is 0.282 bits per heavy atom. The van der Waals surface area contributed by atoms with Gasteiger partial charge in [0.1, 0.15) is 0 Å². The van der Waals surface area contributed by atoms with Crippen molar-refractivity contribution in [2.45, 2.75) is 0 Å². The minimum Gasteiger partial charge on any atom is 2.00 e. The van der Waals surface area contributed by atoms with Crippen molar-refractivity contribution in [3.05, 3.63) is 266 Å². The Balaban J connectivity index is 0.000000241. The minimum absolute atomic E-state index is 0. The molecule has 0 saturated heterocycles. The van der Waals surface area contributed by atoms with Gasteiger partial charge >= 0.3 is 87.0 Å². The van der Waals surface area contributed by atoms with E-state index in [0.29, 0.717) is 0 Å². The molecule has 0 radical (unpaired) electrons. The molecule has 0 amide bonds. The Morgan fingerprint density at radius 3 is 0.366 bits per heavy atom. The van der Waals surface area contributed by atoms with Gasteiger partial charge in [-0.3, -0.25) is 0 Å². The molecule has 0 aliphatic carbocycles. The minimum atomic E-state index is -10.7. The van der Waals surface area contributed by atoms with Gasteiger partial charge in [-0.1, -0.05) is 266 Å². The van der Waals surface area contributed by atoms with Crippen molar-refractivity contribution in [3.63, 3.8) is 0 Å². The molecule has 0 unspecified atom stereocenters. The van der Waals surface area contributed by atoms with Crippen molar-refractivity contribution in [1.82, 2.24) is 0 Å². The predicted octanol–water partition coefficient (Wildman–Crippen LogP) is 18.2. The van der Waals surface area contributed by atoms with Crippen molar-refractivity contribution in [2.24, 2.45) is 0 Å². The summed E-state index contributed by atoms with van der Waals surface area (Å²) in [6, 6.07) is 86.9. The van der Waals surface area contributed by atoms with Crippen LogP contribution in [-0.2, 0) is 21.1 Å². The largest absolute Gasteiger partial charge is 2.00 e. The summed E-state index contributed by atoms with van der Waals surface area (Å²) >= 11 is 0. The van der Waals surface area contributed by atoms with E-state index in [0.717, 1.165) is 0 Å². The van der Waals surface area contributed by atoms with Crippen LogP contribution < -0.4 is 42.4 Å². The normalized spacial score (nSPS) is 13.5. The topological polar surface area (TPSA) is 0 Å². The molecule has 0 aliphatic rings. The van der Waals surface area contributed by atoms with E-state index in [1.165, 1.54) is 42.4 Å². The van der Waals surface area contributed by atoms with Crippen molar-refractivity contribution in [2.75, 3.05) is 0 Å². The molecule has 8 aromatic carbocycles. The molecular formula is C52H44F12P6Pt. The molecule has 8 aromatic rings. The van der Waals surface area contributed by atoms with Gasteiger partial charge in [0, 0.05) is 0 Å². The second-order valence-corrected chi connectivity index (χ2v) is 26.8. The zero-order valence-corrected chi connectivity index (χ0v) is 44.6. The molecule has 0 heterocycles. The summed E-state index contributed by atoms with van der Waals surface area (Å²) in [5.74, 6) is 9.80. The third kappa shape index (κ3) is 25.8. The monoisotopic (exact) mass is 1280 g/mol. The van der Waals surface area contributed by atoms with Gasteiger partial charge in [0.05, 0.1) is 0 Å². The molecule has 0 N–H and O–H groups in total. The third-order valence-corrected chi connectivity index (χ3v) is 18.1. The number of hydrogen-bond donors (Lipinski definition) is 0. The van der Waals surface area contributed by atoms with Gasteiger partial charge in [-0.15, -0.1) is 0 Å². The summed E-state index contributed by atoms with van der Waals surface area (Å²) in [4.78, 5) is 0. The average molecular weight is 1280 g/mol.